The van der Waals surface area contributed by atoms with Crippen LogP contribution in [-0.2, 0) is 0 Å². The number of rotatable bonds is 1. The Bertz CT molecular complexity index is 209. The van der Waals surface area contributed by atoms with Crippen molar-refractivity contribution < 1.29 is 0 Å². The second-order valence-electron chi connectivity index (χ2n) is 1.09. The molecule has 44 valence electrons. The van der Waals surface area contributed by atoms with E-state index in [0.29, 0.717) is 0 Å². The van der Waals surface area contributed by atoms with Crippen LogP contribution in [0.25, 0.3) is 0 Å². The summed E-state index contributed by atoms with van der Waals surface area (Å²) < 4.78 is 0. The molecule has 0 saturated heterocycles. The molecule has 0 aromatic rings. The van der Waals surface area contributed by atoms with E-state index < -0.39 is 0 Å². The second-order valence-corrected chi connectivity index (χ2v) is 1.28. The number of hydrogen-bond donors (Lipinski definition) is 0. The lowest BCUT2D eigenvalue weighted by atomic mass is 10.4. The van der Waals surface area contributed by atoms with E-state index in [1.807, 2.05) is 6.07 Å². The van der Waals surface area contributed by atoms with Gasteiger partial charge in [-0.3, -0.25) is 0 Å². The lowest BCUT2D eigenvalue weighted by Gasteiger charge is -1.62. The normalized spacial score (nSPS) is 8.89. The molecule has 0 unspecified atom stereocenters. The maximum atomic E-state index is 7.99. The first kappa shape index (κ1) is 7.82. The molecule has 0 aromatic carbocycles. The smallest absolute Gasteiger partial charge is 0.0912 e. The molecule has 2 heteroatoms. The van der Waals surface area contributed by atoms with Gasteiger partial charge in [-0.2, -0.15) is 5.26 Å². The first-order valence-corrected chi connectivity index (χ1v) is 2.62. The molecule has 9 heavy (non-hydrogen) atoms. The third-order valence-electron chi connectivity index (χ3n) is 0.516. The Balaban J connectivity index is 3.59. The third kappa shape index (κ3) is 6.82. The van der Waals surface area contributed by atoms with Gasteiger partial charge in [-0.15, -0.1) is 0 Å². The average molecular weight is 138 g/mol. The largest absolute Gasteiger partial charge is 0.193 e. The van der Waals surface area contributed by atoms with Crippen LogP contribution in [0.3, 0.4) is 0 Å². The van der Waals surface area contributed by atoms with Gasteiger partial charge in [-0.1, -0.05) is 18.1 Å². The van der Waals surface area contributed by atoms with E-state index in [4.69, 9.17) is 16.9 Å². The van der Waals surface area contributed by atoms with Gasteiger partial charge in [0.1, 0.15) is 0 Å². The van der Waals surface area contributed by atoms with Gasteiger partial charge in [0.05, 0.1) is 6.07 Å². The molecule has 0 N–H and O–H groups in total. The molecule has 0 rings (SSSR count). The van der Waals surface area contributed by atoms with Crippen LogP contribution >= 0.6 is 11.6 Å². The minimum atomic E-state index is 1.35. The van der Waals surface area contributed by atoms with Gasteiger partial charge in [0.15, 0.2) is 0 Å². The van der Waals surface area contributed by atoms with Crippen molar-refractivity contribution in [1.29, 1.82) is 5.26 Å². The first-order chi connectivity index (χ1) is 4.41. The molecule has 0 amide bonds. The summed E-state index contributed by atoms with van der Waals surface area (Å²) in [4.78, 5) is 0. The van der Waals surface area contributed by atoms with Crippen LogP contribution in [0.5, 0.6) is 0 Å². The Morgan fingerprint density at radius 2 is 1.89 bits per heavy atom. The summed E-state index contributed by atoms with van der Waals surface area (Å²) in [6.07, 6.45) is 6.13. The third-order valence-corrected chi connectivity index (χ3v) is 0.625. The van der Waals surface area contributed by atoms with Gasteiger partial charge in [0.2, 0.25) is 0 Å². The second kappa shape index (κ2) is 6.82. The van der Waals surface area contributed by atoms with Gasteiger partial charge < -0.3 is 0 Å². The lowest BCUT2D eigenvalue weighted by molar-refractivity contribution is 1.53. The summed E-state index contributed by atoms with van der Waals surface area (Å²) in [5, 5.41) is 10.2. The topological polar surface area (TPSA) is 23.8 Å². The van der Waals surface area contributed by atoms with Crippen molar-refractivity contribution in [2.75, 3.05) is 0 Å². The molecule has 1 nitrogen and oxygen atoms in total. The SMILES string of the molecule is N#C/C=C\C=C/C#CCl. The van der Waals surface area contributed by atoms with Crippen LogP contribution in [0.1, 0.15) is 0 Å². The molecule has 0 aliphatic carbocycles. The monoisotopic (exact) mass is 137 g/mol. The molecule has 0 atom stereocenters. The summed E-state index contributed by atoms with van der Waals surface area (Å²) in [6.45, 7) is 0. The highest BCUT2D eigenvalue weighted by molar-refractivity contribution is 6.30. The Kier molecular flexibility index (Phi) is 5.93. The van der Waals surface area contributed by atoms with Crippen molar-refractivity contribution in [1.82, 2.24) is 0 Å². The Morgan fingerprint density at radius 3 is 2.44 bits per heavy atom. The number of hydrogen-bond acceptors (Lipinski definition) is 1. The van der Waals surface area contributed by atoms with Gasteiger partial charge >= 0.3 is 0 Å². The van der Waals surface area contributed by atoms with Crippen molar-refractivity contribution in [3.63, 3.8) is 0 Å². The van der Waals surface area contributed by atoms with Crippen LogP contribution in [0, 0.1) is 22.6 Å². The maximum Gasteiger partial charge on any atom is 0.0912 e. The average Bonchev–Trinajstić information content (AvgIpc) is 1.89. The van der Waals surface area contributed by atoms with E-state index in [1.54, 1.807) is 18.2 Å². The van der Waals surface area contributed by atoms with E-state index in [2.05, 4.69) is 11.3 Å². The molecule has 0 saturated carbocycles. The highest BCUT2D eigenvalue weighted by Gasteiger charge is 1.58. The Labute approximate surface area is 59.2 Å². The summed E-state index contributed by atoms with van der Waals surface area (Å²) in [6, 6.07) is 1.83. The van der Waals surface area contributed by atoms with Crippen LogP contribution in [-0.4, -0.2) is 0 Å². The maximum absolute atomic E-state index is 7.99. The molecule has 0 fully saturated rings. The predicted octanol–water partition coefficient (Wildman–Crippen LogP) is 1.82. The molecular formula is C7H4ClN. The van der Waals surface area contributed by atoms with Gasteiger partial charge in [0.25, 0.3) is 0 Å². The molecule has 0 spiro atoms. The minimum absolute atomic E-state index is 1.35. The minimum Gasteiger partial charge on any atom is -0.193 e. The number of allylic oxidation sites excluding steroid dienone is 4. The highest BCUT2D eigenvalue weighted by atomic mass is 35.5. The van der Waals surface area contributed by atoms with Crippen molar-refractivity contribution in [2.45, 2.75) is 0 Å². The zero-order valence-electron chi connectivity index (χ0n) is 4.63. The summed E-state index contributed by atoms with van der Waals surface area (Å²) in [7, 11) is 0. The van der Waals surface area contributed by atoms with Crippen LogP contribution < -0.4 is 0 Å². The fraction of sp³-hybridized carbons (Fsp3) is 0. The summed E-state index contributed by atoms with van der Waals surface area (Å²) >= 11 is 5.01. The van der Waals surface area contributed by atoms with E-state index in [0.717, 1.165) is 0 Å². The number of nitriles is 1. The molecule has 0 heterocycles. The van der Waals surface area contributed by atoms with Crippen molar-refractivity contribution in [3.05, 3.63) is 24.3 Å². The Morgan fingerprint density at radius 1 is 1.22 bits per heavy atom. The quantitative estimate of drug-likeness (QED) is 0.307. The standard InChI is InChI=1S/C7H4ClN/c8-6-4-2-1-3-5-7-9/h1-3,5H/b2-1-,5-3-. The summed E-state index contributed by atoms with van der Waals surface area (Å²) in [5.41, 5.74) is 0. The summed E-state index contributed by atoms with van der Waals surface area (Å²) in [5.74, 6) is 2.48. The van der Waals surface area contributed by atoms with E-state index in [9.17, 15) is 0 Å². The molecule has 0 radical (unpaired) electrons. The molecule has 0 bridgehead atoms. The van der Waals surface area contributed by atoms with E-state index in [1.165, 1.54) is 6.08 Å². The fourth-order valence-corrected chi connectivity index (χ4v) is 0.297. The highest BCUT2D eigenvalue weighted by Crippen LogP contribution is 1.74. The molecule has 0 aliphatic rings. The van der Waals surface area contributed by atoms with Gasteiger partial charge in [-0.25, -0.2) is 0 Å². The van der Waals surface area contributed by atoms with E-state index in [-0.39, 0.29) is 0 Å². The van der Waals surface area contributed by atoms with Gasteiger partial charge in [0, 0.05) is 11.5 Å². The zero-order chi connectivity index (χ0) is 6.95. The van der Waals surface area contributed by atoms with Crippen LogP contribution in [0.2, 0.25) is 0 Å². The number of halogens is 1. The predicted molar refractivity (Wildman–Crippen MR) is 37.5 cm³/mol. The molecule has 0 aromatic heterocycles. The Hall–Kier alpha value is -1.18. The zero-order valence-corrected chi connectivity index (χ0v) is 5.39. The first-order valence-electron chi connectivity index (χ1n) is 2.24. The lowest BCUT2D eigenvalue weighted by Crippen LogP contribution is -1.47. The van der Waals surface area contributed by atoms with Crippen molar-refractivity contribution >= 4 is 11.6 Å². The van der Waals surface area contributed by atoms with Crippen LogP contribution in [0.15, 0.2) is 24.3 Å². The molecule has 0 aliphatic heterocycles. The van der Waals surface area contributed by atoms with Crippen molar-refractivity contribution in [2.24, 2.45) is 0 Å². The van der Waals surface area contributed by atoms with Crippen molar-refractivity contribution in [3.8, 4) is 17.4 Å². The van der Waals surface area contributed by atoms with Crippen LogP contribution in [0.4, 0.5) is 0 Å². The van der Waals surface area contributed by atoms with Gasteiger partial charge in [-0.05, 0) is 17.7 Å². The molecular weight excluding hydrogens is 134 g/mol. The fourth-order valence-electron chi connectivity index (χ4n) is 0.234. The number of nitrogens with zero attached hydrogens (tertiary/aromatic N) is 1. The van der Waals surface area contributed by atoms with E-state index >= 15 is 0 Å².